The minimum Gasteiger partial charge on any atom is -0.506 e. The van der Waals surface area contributed by atoms with Crippen LogP contribution in [0.5, 0.6) is 5.75 Å². The molecule has 10 nitrogen and oxygen atoms in total. The van der Waals surface area contributed by atoms with Crippen LogP contribution in [-0.4, -0.2) is 51.2 Å². The second-order valence-corrected chi connectivity index (χ2v) is 9.81. The van der Waals surface area contributed by atoms with Gasteiger partial charge < -0.3 is 14.8 Å². The van der Waals surface area contributed by atoms with Gasteiger partial charge in [0.05, 0.1) is 11.8 Å². The Labute approximate surface area is 235 Å². The topological polar surface area (TPSA) is 143 Å². The number of ketones is 1. The third kappa shape index (κ3) is 5.49. The summed E-state index contributed by atoms with van der Waals surface area (Å²) in [5, 5.41) is 35.2. The van der Waals surface area contributed by atoms with E-state index in [0.29, 0.717) is 18.1 Å². The third-order valence-electron chi connectivity index (χ3n) is 6.61. The van der Waals surface area contributed by atoms with Crippen molar-refractivity contribution in [1.82, 2.24) is 35.2 Å². The van der Waals surface area contributed by atoms with E-state index >= 15 is 0 Å². The molecule has 1 atom stereocenters. The van der Waals surface area contributed by atoms with Crippen molar-refractivity contribution >= 4 is 17.4 Å². The smallest absolute Gasteiger partial charge is 0.234 e. The van der Waals surface area contributed by atoms with Crippen molar-refractivity contribution in [3.63, 3.8) is 0 Å². The number of aromatic nitrogens is 7. The van der Waals surface area contributed by atoms with Crippen molar-refractivity contribution in [1.29, 1.82) is 0 Å². The number of halogens is 1. The van der Waals surface area contributed by atoms with Gasteiger partial charge in [-0.2, -0.15) is 5.21 Å². The van der Waals surface area contributed by atoms with E-state index in [1.807, 2.05) is 48.5 Å². The molecule has 0 aliphatic heterocycles. The van der Waals surface area contributed by atoms with Gasteiger partial charge in [0.25, 0.3) is 0 Å². The lowest BCUT2D eigenvalue weighted by Gasteiger charge is -2.15. The number of carbonyl (C=O) groups excluding carboxylic acids is 1. The summed E-state index contributed by atoms with van der Waals surface area (Å²) in [4.78, 5) is 22.5. The number of pyridine rings is 1. The van der Waals surface area contributed by atoms with Crippen LogP contribution in [0.4, 0.5) is 0 Å². The number of aliphatic hydroxyl groups is 1. The molecule has 0 radical (unpaired) electrons. The molecule has 0 aliphatic carbocycles. The summed E-state index contributed by atoms with van der Waals surface area (Å²) >= 11 is 6.57. The largest absolute Gasteiger partial charge is 0.506 e. The Hall–Kier alpha value is -4.41. The first-order valence-electron chi connectivity index (χ1n) is 13.0. The summed E-state index contributed by atoms with van der Waals surface area (Å²) in [6.07, 6.45) is 1.47. The average molecular weight is 558 g/mol. The molecule has 0 bridgehead atoms. The number of aliphatic hydroxyl groups excluding tert-OH is 1. The summed E-state index contributed by atoms with van der Waals surface area (Å²) in [6, 6.07) is 18.6. The molecule has 5 rings (SSSR count). The number of rotatable bonds is 10. The Bertz CT molecular complexity index is 1630. The minimum absolute atomic E-state index is 0.0269. The van der Waals surface area contributed by atoms with Crippen molar-refractivity contribution in [2.24, 2.45) is 0 Å². The highest BCUT2D eigenvalue weighted by atomic mass is 35.5. The molecule has 11 heteroatoms. The first-order valence-corrected chi connectivity index (χ1v) is 13.3. The fourth-order valence-corrected chi connectivity index (χ4v) is 4.85. The maximum Gasteiger partial charge on any atom is 0.234 e. The van der Waals surface area contributed by atoms with E-state index in [1.54, 1.807) is 4.57 Å². The van der Waals surface area contributed by atoms with E-state index in [4.69, 9.17) is 11.6 Å². The molecule has 0 saturated carbocycles. The maximum absolute atomic E-state index is 13.8. The predicted molar refractivity (Wildman–Crippen MR) is 150 cm³/mol. The lowest BCUT2D eigenvalue weighted by molar-refractivity contribution is 0.102. The zero-order valence-electron chi connectivity index (χ0n) is 22.0. The summed E-state index contributed by atoms with van der Waals surface area (Å²) in [7, 11) is 0. The van der Waals surface area contributed by atoms with Gasteiger partial charge in [-0.25, -0.2) is 9.97 Å². The average Bonchev–Trinajstić information content (AvgIpc) is 3.60. The number of hydrogen-bond acceptors (Lipinski definition) is 8. The highest BCUT2D eigenvalue weighted by Crippen LogP contribution is 2.32. The molecule has 5 aromatic rings. The zero-order chi connectivity index (χ0) is 28.2. The molecule has 204 valence electrons. The monoisotopic (exact) mass is 557 g/mol. The number of imidazole rings is 1. The summed E-state index contributed by atoms with van der Waals surface area (Å²) in [5.74, 6) is 0.199. The molecule has 0 fully saturated rings. The molecular weight excluding hydrogens is 530 g/mol. The van der Waals surface area contributed by atoms with E-state index in [-0.39, 0.29) is 34.5 Å². The van der Waals surface area contributed by atoms with Gasteiger partial charge in [0.15, 0.2) is 10.8 Å². The highest BCUT2D eigenvalue weighted by molar-refractivity contribution is 6.33. The van der Waals surface area contributed by atoms with E-state index in [2.05, 4.69) is 37.5 Å². The number of aromatic hydroxyl groups is 1. The Morgan fingerprint density at radius 3 is 2.58 bits per heavy atom. The number of nitrogens with zero attached hydrogens (tertiary/aromatic N) is 6. The van der Waals surface area contributed by atoms with Crippen LogP contribution in [0, 0.1) is 0 Å². The lowest BCUT2D eigenvalue weighted by Crippen LogP contribution is -2.16. The highest BCUT2D eigenvalue weighted by Gasteiger charge is 2.27. The fourth-order valence-electron chi connectivity index (χ4n) is 4.56. The molecule has 3 N–H and O–H groups in total. The van der Waals surface area contributed by atoms with Gasteiger partial charge in [-0.3, -0.25) is 4.79 Å². The van der Waals surface area contributed by atoms with Gasteiger partial charge in [0.1, 0.15) is 17.3 Å². The van der Waals surface area contributed by atoms with E-state index in [9.17, 15) is 15.0 Å². The second-order valence-electron chi connectivity index (χ2n) is 9.45. The number of H-pyrrole nitrogens is 1. The number of aryl methyl sites for hydroxylation is 1. The molecule has 40 heavy (non-hydrogen) atoms. The normalized spacial score (nSPS) is 12.0. The quantitative estimate of drug-likeness (QED) is 0.200. The first kappa shape index (κ1) is 27.2. The van der Waals surface area contributed by atoms with Crippen molar-refractivity contribution in [2.45, 2.75) is 45.8 Å². The number of aromatic amines is 1. The molecule has 3 heterocycles. The van der Waals surface area contributed by atoms with Crippen molar-refractivity contribution in [3.8, 4) is 28.3 Å². The lowest BCUT2D eigenvalue weighted by atomic mass is 9.97. The van der Waals surface area contributed by atoms with E-state index < -0.39 is 11.9 Å². The number of carbonyl (C=O) groups is 1. The second kappa shape index (κ2) is 11.8. The van der Waals surface area contributed by atoms with Crippen LogP contribution in [0.25, 0.3) is 22.5 Å². The molecule has 0 saturated heterocycles. The standard InChI is InChI=1S/C29H28ClN7O3/c1-3-4-10-24-32-28(30)26(27(40)25-23(39)14-13-22(31-25)17(2)38)37(24)16-18-11-12-20(19-8-6-5-7-9-19)21(15-18)29-33-35-36-34-29/h5-9,11-15,17,38-39H,3-4,10,16H2,1-2H3,(H,33,34,35,36). The van der Waals surface area contributed by atoms with Crippen molar-refractivity contribution in [2.75, 3.05) is 0 Å². The SMILES string of the molecule is CCCCc1nc(Cl)c(C(=O)c2nc(C(C)O)ccc2O)n1Cc1ccc(-c2ccccc2)c(-c2nn[nH]n2)c1. The molecule has 1 unspecified atom stereocenters. The fraction of sp³-hybridized carbons (Fsp3) is 0.241. The van der Waals surface area contributed by atoms with Crippen molar-refractivity contribution < 1.29 is 15.0 Å². The molecule has 0 spiro atoms. The van der Waals surface area contributed by atoms with Crippen LogP contribution in [0.3, 0.4) is 0 Å². The minimum atomic E-state index is -0.917. The number of unbranched alkanes of at least 4 members (excludes halogenated alkanes) is 1. The predicted octanol–water partition coefficient (Wildman–Crippen LogP) is 5.16. The molecule has 0 amide bonds. The number of benzene rings is 2. The van der Waals surface area contributed by atoms with E-state index in [1.165, 1.54) is 19.1 Å². The Morgan fingerprint density at radius 2 is 1.88 bits per heavy atom. The third-order valence-corrected chi connectivity index (χ3v) is 6.87. The molecule has 0 aliphatic rings. The van der Waals surface area contributed by atoms with Crippen molar-refractivity contribution in [3.05, 3.63) is 94.3 Å². The first-order chi connectivity index (χ1) is 19.4. The zero-order valence-corrected chi connectivity index (χ0v) is 22.8. The van der Waals surface area contributed by atoms with Crippen LogP contribution >= 0.6 is 11.6 Å². The summed E-state index contributed by atoms with van der Waals surface area (Å²) in [5.41, 5.74) is 3.74. The van der Waals surface area contributed by atoms with Gasteiger partial charge in [0.2, 0.25) is 11.6 Å². The van der Waals surface area contributed by atoms with Crippen LogP contribution in [-0.2, 0) is 13.0 Å². The van der Waals surface area contributed by atoms with Gasteiger partial charge in [0, 0.05) is 18.5 Å². The number of nitrogens with one attached hydrogen (secondary N) is 1. The van der Waals surface area contributed by atoms with Crippen LogP contribution in [0.2, 0.25) is 5.15 Å². The molecular formula is C29H28ClN7O3. The van der Waals surface area contributed by atoms with Crippen LogP contribution in [0.15, 0.2) is 60.7 Å². The molecule has 2 aromatic carbocycles. The van der Waals surface area contributed by atoms with E-state index in [0.717, 1.165) is 35.1 Å². The van der Waals surface area contributed by atoms with Crippen LogP contribution < -0.4 is 0 Å². The Morgan fingerprint density at radius 1 is 1.07 bits per heavy atom. The van der Waals surface area contributed by atoms with Gasteiger partial charge in [-0.1, -0.05) is 67.4 Å². The number of tetrazole rings is 1. The van der Waals surface area contributed by atoms with Gasteiger partial charge in [-0.15, -0.1) is 10.2 Å². The molecule has 3 aromatic heterocycles. The van der Waals surface area contributed by atoms with Gasteiger partial charge >= 0.3 is 0 Å². The van der Waals surface area contributed by atoms with Crippen LogP contribution in [0.1, 0.15) is 66.1 Å². The Balaban J connectivity index is 1.61. The maximum atomic E-state index is 13.8. The Kier molecular flexibility index (Phi) is 7.99. The van der Waals surface area contributed by atoms with Gasteiger partial charge in [-0.05, 0) is 53.4 Å². The number of hydrogen-bond donors (Lipinski definition) is 3. The summed E-state index contributed by atoms with van der Waals surface area (Å²) < 4.78 is 1.77. The summed E-state index contributed by atoms with van der Waals surface area (Å²) in [6.45, 7) is 3.88.